The van der Waals surface area contributed by atoms with Crippen molar-refractivity contribution in [2.75, 3.05) is 14.2 Å². The second-order valence-electron chi connectivity index (χ2n) is 4.14. The van der Waals surface area contributed by atoms with Crippen LogP contribution in [0.4, 0.5) is 4.39 Å². The van der Waals surface area contributed by atoms with Crippen LogP contribution >= 0.6 is 34.2 Å². The molecule has 3 nitrogen and oxygen atoms in total. The Morgan fingerprint density at radius 1 is 1.10 bits per heavy atom. The lowest BCUT2D eigenvalue weighted by Gasteiger charge is -2.11. The second-order valence-corrected chi connectivity index (χ2v) is 5.74. The molecule has 0 saturated carbocycles. The van der Waals surface area contributed by atoms with Crippen molar-refractivity contribution in [3.8, 4) is 11.5 Å². The van der Waals surface area contributed by atoms with Crippen LogP contribution in [0, 0.1) is 9.39 Å². The highest BCUT2D eigenvalue weighted by atomic mass is 127. The Bertz CT molecular complexity index is 704. The summed E-state index contributed by atoms with van der Waals surface area (Å²) in [6, 6.07) is 7.35. The molecule has 0 aliphatic carbocycles. The molecule has 0 aromatic heterocycles. The van der Waals surface area contributed by atoms with Crippen LogP contribution in [0.3, 0.4) is 0 Å². The Morgan fingerprint density at radius 3 is 2.33 bits per heavy atom. The first-order valence-electron chi connectivity index (χ1n) is 5.89. The van der Waals surface area contributed by atoms with Crippen LogP contribution in [0.25, 0.3) is 0 Å². The summed E-state index contributed by atoms with van der Waals surface area (Å²) in [7, 11) is 2.83. The zero-order valence-corrected chi connectivity index (χ0v) is 14.2. The molecule has 0 heterocycles. The lowest BCUT2D eigenvalue weighted by molar-refractivity contribution is 0.103. The van der Waals surface area contributed by atoms with Gasteiger partial charge in [-0.3, -0.25) is 4.79 Å². The normalized spacial score (nSPS) is 10.3. The van der Waals surface area contributed by atoms with E-state index in [-0.39, 0.29) is 11.3 Å². The molecule has 0 bridgehead atoms. The van der Waals surface area contributed by atoms with Crippen molar-refractivity contribution >= 4 is 40.0 Å². The molecule has 0 N–H and O–H groups in total. The van der Waals surface area contributed by atoms with Crippen molar-refractivity contribution < 1.29 is 18.7 Å². The highest BCUT2D eigenvalue weighted by molar-refractivity contribution is 14.1. The third-order valence-corrected chi connectivity index (χ3v) is 4.07. The summed E-state index contributed by atoms with van der Waals surface area (Å²) in [5.41, 5.74) is 0.252. The van der Waals surface area contributed by atoms with Crippen LogP contribution in [0.1, 0.15) is 15.9 Å². The lowest BCUT2D eigenvalue weighted by Crippen LogP contribution is -2.07. The number of benzene rings is 2. The van der Waals surface area contributed by atoms with Gasteiger partial charge in [0.05, 0.1) is 19.8 Å². The standard InChI is InChI=1S/C15H11ClFIO3/c1-20-13-6-9(11(17)7-14(13)21-2)15(19)10-5-8(16)3-4-12(10)18/h3-7H,1-2H3. The smallest absolute Gasteiger partial charge is 0.197 e. The van der Waals surface area contributed by atoms with Gasteiger partial charge in [-0.15, -0.1) is 0 Å². The van der Waals surface area contributed by atoms with E-state index in [2.05, 4.69) is 0 Å². The van der Waals surface area contributed by atoms with Gasteiger partial charge in [-0.05, 0) is 46.9 Å². The average Bonchev–Trinajstić information content (AvgIpc) is 2.48. The van der Waals surface area contributed by atoms with E-state index in [1.165, 1.54) is 26.4 Å². The van der Waals surface area contributed by atoms with Crippen LogP contribution in [0.2, 0.25) is 5.02 Å². The first-order valence-corrected chi connectivity index (χ1v) is 7.35. The number of hydrogen-bond acceptors (Lipinski definition) is 3. The van der Waals surface area contributed by atoms with E-state index >= 15 is 0 Å². The molecule has 0 unspecified atom stereocenters. The van der Waals surface area contributed by atoms with Gasteiger partial charge < -0.3 is 9.47 Å². The van der Waals surface area contributed by atoms with Gasteiger partial charge in [0, 0.05) is 20.2 Å². The maximum absolute atomic E-state index is 14.1. The van der Waals surface area contributed by atoms with Gasteiger partial charge in [0.2, 0.25) is 0 Å². The molecule has 0 aliphatic rings. The minimum absolute atomic E-state index is 0.0900. The van der Waals surface area contributed by atoms with Crippen molar-refractivity contribution in [1.29, 1.82) is 0 Å². The van der Waals surface area contributed by atoms with Gasteiger partial charge in [-0.2, -0.15) is 0 Å². The van der Waals surface area contributed by atoms with E-state index in [0.29, 0.717) is 19.9 Å². The fourth-order valence-corrected chi connectivity index (χ4v) is 2.60. The third kappa shape index (κ3) is 3.29. The number of ether oxygens (including phenoxy) is 2. The Hall–Kier alpha value is -1.34. The molecule has 0 radical (unpaired) electrons. The van der Waals surface area contributed by atoms with E-state index < -0.39 is 11.6 Å². The molecule has 2 aromatic rings. The summed E-state index contributed by atoms with van der Waals surface area (Å²) < 4.78 is 24.9. The minimum atomic E-state index is -0.673. The summed E-state index contributed by atoms with van der Waals surface area (Å²) in [6.07, 6.45) is 0. The number of methoxy groups -OCH3 is 2. The predicted molar refractivity (Wildman–Crippen MR) is 87.1 cm³/mol. The van der Waals surface area contributed by atoms with Crippen molar-refractivity contribution in [3.05, 3.63) is 55.9 Å². The molecule has 2 aromatic carbocycles. The van der Waals surface area contributed by atoms with Crippen molar-refractivity contribution in [2.45, 2.75) is 0 Å². The number of halogens is 3. The first-order chi connectivity index (χ1) is 9.97. The molecule has 0 aliphatic heterocycles. The molecular formula is C15H11ClFIO3. The highest BCUT2D eigenvalue weighted by Gasteiger charge is 2.20. The molecule has 0 atom stereocenters. The number of carbonyl (C=O) groups excluding carboxylic acids is 1. The number of hydrogen-bond donors (Lipinski definition) is 0. The zero-order valence-electron chi connectivity index (χ0n) is 11.2. The summed E-state index contributed by atoms with van der Waals surface area (Å²) in [5, 5.41) is 0.416. The predicted octanol–water partition coefficient (Wildman–Crippen LogP) is 4.33. The van der Waals surface area contributed by atoms with E-state index in [1.807, 2.05) is 22.6 Å². The minimum Gasteiger partial charge on any atom is -0.493 e. The summed E-state index contributed by atoms with van der Waals surface area (Å²) >= 11 is 7.91. The zero-order chi connectivity index (χ0) is 15.6. The molecule has 0 saturated heterocycles. The van der Waals surface area contributed by atoms with Gasteiger partial charge >= 0.3 is 0 Å². The van der Waals surface area contributed by atoms with Crippen LogP contribution in [-0.2, 0) is 0 Å². The van der Waals surface area contributed by atoms with Gasteiger partial charge in [-0.1, -0.05) is 11.6 Å². The Kier molecular flexibility index (Phi) is 5.05. The molecule has 6 heteroatoms. The van der Waals surface area contributed by atoms with Crippen LogP contribution in [0.5, 0.6) is 11.5 Å². The number of carbonyl (C=O) groups is 1. The van der Waals surface area contributed by atoms with E-state index in [4.69, 9.17) is 21.1 Å². The Balaban J connectivity index is 2.55. The van der Waals surface area contributed by atoms with Crippen LogP contribution in [0.15, 0.2) is 30.3 Å². The third-order valence-electron chi connectivity index (χ3n) is 2.89. The fourth-order valence-electron chi connectivity index (χ4n) is 1.84. The SMILES string of the molecule is COc1cc(F)c(C(=O)c2cc(Cl)ccc2I)cc1OC. The maximum atomic E-state index is 14.1. The molecule has 21 heavy (non-hydrogen) atoms. The molecule has 110 valence electrons. The highest BCUT2D eigenvalue weighted by Crippen LogP contribution is 2.31. The average molecular weight is 421 g/mol. The molecular weight excluding hydrogens is 410 g/mol. The molecule has 0 amide bonds. The number of ketones is 1. The summed E-state index contributed by atoms with van der Waals surface area (Å²) in [5.74, 6) is -0.611. The molecule has 0 fully saturated rings. The van der Waals surface area contributed by atoms with Crippen molar-refractivity contribution in [3.63, 3.8) is 0 Å². The monoisotopic (exact) mass is 420 g/mol. The van der Waals surface area contributed by atoms with Gasteiger partial charge in [0.15, 0.2) is 17.3 Å². The van der Waals surface area contributed by atoms with Crippen molar-refractivity contribution in [1.82, 2.24) is 0 Å². The second kappa shape index (κ2) is 6.62. The van der Waals surface area contributed by atoms with Gasteiger partial charge in [-0.25, -0.2) is 4.39 Å². The fraction of sp³-hybridized carbons (Fsp3) is 0.133. The molecule has 2 rings (SSSR count). The van der Waals surface area contributed by atoms with Crippen LogP contribution < -0.4 is 9.47 Å². The molecule has 0 spiro atoms. The van der Waals surface area contributed by atoms with Gasteiger partial charge in [0.25, 0.3) is 0 Å². The number of rotatable bonds is 4. The Labute approximate surface area is 140 Å². The topological polar surface area (TPSA) is 35.5 Å². The summed E-state index contributed by atoms with van der Waals surface area (Å²) in [4.78, 5) is 12.5. The summed E-state index contributed by atoms with van der Waals surface area (Å²) in [6.45, 7) is 0. The lowest BCUT2D eigenvalue weighted by atomic mass is 10.0. The largest absolute Gasteiger partial charge is 0.493 e. The van der Waals surface area contributed by atoms with E-state index in [1.54, 1.807) is 12.1 Å². The van der Waals surface area contributed by atoms with Crippen LogP contribution in [-0.4, -0.2) is 20.0 Å². The first kappa shape index (κ1) is 16.0. The van der Waals surface area contributed by atoms with E-state index in [0.717, 1.165) is 6.07 Å². The van der Waals surface area contributed by atoms with Gasteiger partial charge in [0.1, 0.15) is 5.82 Å². The quantitative estimate of drug-likeness (QED) is 0.545. The Morgan fingerprint density at radius 2 is 1.71 bits per heavy atom. The maximum Gasteiger partial charge on any atom is 0.197 e. The van der Waals surface area contributed by atoms with Crippen molar-refractivity contribution in [2.24, 2.45) is 0 Å². The van der Waals surface area contributed by atoms with E-state index in [9.17, 15) is 9.18 Å².